The van der Waals surface area contributed by atoms with Crippen molar-refractivity contribution in [3.8, 4) is 11.5 Å². The quantitative estimate of drug-likeness (QED) is 0.772. The van der Waals surface area contributed by atoms with Crippen molar-refractivity contribution < 1.29 is 24.1 Å². The van der Waals surface area contributed by atoms with Gasteiger partial charge in [-0.15, -0.1) is 0 Å². The zero-order valence-corrected chi connectivity index (χ0v) is 13.4. The number of ether oxygens (including phenoxy) is 3. The first-order valence-corrected chi connectivity index (χ1v) is 6.91. The lowest BCUT2D eigenvalue weighted by molar-refractivity contribution is 0.190. The largest absolute Gasteiger partial charge is 0.496 e. The number of benzene rings is 1. The van der Waals surface area contributed by atoms with E-state index in [2.05, 4.69) is 5.32 Å². The topological polar surface area (TPSA) is 77.0 Å². The van der Waals surface area contributed by atoms with Crippen LogP contribution >= 0.6 is 0 Å². The molecule has 6 heteroatoms. The fourth-order valence-corrected chi connectivity index (χ4v) is 2.14. The molecular formula is C16H23NO5. The van der Waals surface area contributed by atoms with E-state index in [1.54, 1.807) is 28.3 Å². The fourth-order valence-electron chi connectivity index (χ4n) is 2.14. The van der Waals surface area contributed by atoms with E-state index < -0.39 is 6.09 Å². The number of hydrogen-bond donors (Lipinski definition) is 2. The van der Waals surface area contributed by atoms with Gasteiger partial charge in [0.25, 0.3) is 0 Å². The van der Waals surface area contributed by atoms with Crippen molar-refractivity contribution in [3.63, 3.8) is 0 Å². The molecule has 0 heterocycles. The molecule has 0 aliphatic heterocycles. The van der Waals surface area contributed by atoms with Crippen LogP contribution in [0.15, 0.2) is 18.2 Å². The molecule has 0 fully saturated rings. The van der Waals surface area contributed by atoms with Crippen molar-refractivity contribution >= 4 is 12.2 Å². The number of carbonyl (C=O) groups is 1. The molecule has 0 aliphatic rings. The summed E-state index contributed by atoms with van der Waals surface area (Å²) in [5, 5.41) is 11.2. The Morgan fingerprint density at radius 1 is 1.27 bits per heavy atom. The van der Waals surface area contributed by atoms with Gasteiger partial charge in [0, 0.05) is 18.7 Å². The summed E-state index contributed by atoms with van der Waals surface area (Å²) in [5.74, 6) is 1.39. The summed E-state index contributed by atoms with van der Waals surface area (Å²) >= 11 is 0. The summed E-state index contributed by atoms with van der Waals surface area (Å²) in [4.78, 5) is 10.7. The molecule has 1 rings (SSSR count). The SMILES string of the molecule is COC/C=C/c1cc(OC)c(CC(C)NC(=O)O)cc1OC. The lowest BCUT2D eigenvalue weighted by Gasteiger charge is -2.16. The molecule has 0 aliphatic carbocycles. The van der Waals surface area contributed by atoms with Gasteiger partial charge in [-0.05, 0) is 31.0 Å². The van der Waals surface area contributed by atoms with Crippen molar-refractivity contribution in [2.45, 2.75) is 19.4 Å². The van der Waals surface area contributed by atoms with Gasteiger partial charge in [0.15, 0.2) is 0 Å². The van der Waals surface area contributed by atoms with E-state index in [0.717, 1.165) is 11.1 Å². The fraction of sp³-hybridized carbons (Fsp3) is 0.438. The molecule has 1 aromatic carbocycles. The van der Waals surface area contributed by atoms with Gasteiger partial charge < -0.3 is 24.6 Å². The minimum absolute atomic E-state index is 0.231. The second-order valence-corrected chi connectivity index (χ2v) is 4.82. The maximum atomic E-state index is 10.7. The second-order valence-electron chi connectivity index (χ2n) is 4.82. The van der Waals surface area contributed by atoms with Crippen LogP contribution in [-0.2, 0) is 11.2 Å². The third-order valence-corrected chi connectivity index (χ3v) is 3.09. The Kier molecular flexibility index (Phi) is 7.25. The third kappa shape index (κ3) is 5.29. The number of nitrogens with one attached hydrogen (secondary N) is 1. The maximum Gasteiger partial charge on any atom is 0.404 e. The molecule has 0 bridgehead atoms. The summed E-state index contributed by atoms with van der Waals surface area (Å²) in [5.41, 5.74) is 1.75. The minimum atomic E-state index is -1.04. The molecule has 2 N–H and O–H groups in total. The van der Waals surface area contributed by atoms with E-state index >= 15 is 0 Å². The second kappa shape index (κ2) is 8.94. The van der Waals surface area contributed by atoms with E-state index in [1.165, 1.54) is 0 Å². The zero-order valence-electron chi connectivity index (χ0n) is 13.4. The summed E-state index contributed by atoms with van der Waals surface area (Å²) in [6.07, 6.45) is 3.24. The average Bonchev–Trinajstić information content (AvgIpc) is 2.47. The predicted molar refractivity (Wildman–Crippen MR) is 84.8 cm³/mol. The Morgan fingerprint density at radius 3 is 2.50 bits per heavy atom. The highest BCUT2D eigenvalue weighted by molar-refractivity contribution is 5.65. The molecule has 1 unspecified atom stereocenters. The Morgan fingerprint density at radius 2 is 1.95 bits per heavy atom. The Balaban J connectivity index is 3.05. The van der Waals surface area contributed by atoms with Gasteiger partial charge >= 0.3 is 6.09 Å². The molecule has 1 amide bonds. The summed E-state index contributed by atoms with van der Waals surface area (Å²) in [6.45, 7) is 2.30. The van der Waals surface area contributed by atoms with Crippen LogP contribution in [0.5, 0.6) is 11.5 Å². The van der Waals surface area contributed by atoms with Crippen LogP contribution in [0, 0.1) is 0 Å². The third-order valence-electron chi connectivity index (χ3n) is 3.09. The van der Waals surface area contributed by atoms with E-state index in [4.69, 9.17) is 19.3 Å². The van der Waals surface area contributed by atoms with Crippen molar-refractivity contribution in [1.82, 2.24) is 5.32 Å². The molecule has 0 saturated heterocycles. The first kappa shape index (κ1) is 17.8. The standard InChI is InChI=1S/C16H23NO5/c1-11(17-16(18)19)8-13-10-14(21-3)12(6-5-7-20-2)9-15(13)22-4/h5-6,9-11,17H,7-8H2,1-4H3,(H,18,19)/b6-5+. The van der Waals surface area contributed by atoms with E-state index in [0.29, 0.717) is 24.5 Å². The van der Waals surface area contributed by atoms with Crippen LogP contribution in [0.25, 0.3) is 6.08 Å². The average molecular weight is 309 g/mol. The molecule has 0 saturated carbocycles. The van der Waals surface area contributed by atoms with Crippen LogP contribution in [0.4, 0.5) is 4.79 Å². The first-order valence-electron chi connectivity index (χ1n) is 6.91. The Labute approximate surface area is 130 Å². The van der Waals surface area contributed by atoms with Gasteiger partial charge in [-0.25, -0.2) is 4.79 Å². The number of amides is 1. The molecule has 0 aromatic heterocycles. The maximum absolute atomic E-state index is 10.7. The molecule has 0 spiro atoms. The molecule has 6 nitrogen and oxygen atoms in total. The van der Waals surface area contributed by atoms with Crippen LogP contribution < -0.4 is 14.8 Å². The van der Waals surface area contributed by atoms with Crippen LogP contribution in [0.3, 0.4) is 0 Å². The van der Waals surface area contributed by atoms with Crippen LogP contribution in [0.1, 0.15) is 18.1 Å². The van der Waals surface area contributed by atoms with Gasteiger partial charge in [-0.2, -0.15) is 0 Å². The lowest BCUT2D eigenvalue weighted by Crippen LogP contribution is -2.32. The van der Waals surface area contributed by atoms with Crippen molar-refractivity contribution in [2.24, 2.45) is 0 Å². The molecule has 22 heavy (non-hydrogen) atoms. The van der Waals surface area contributed by atoms with Gasteiger partial charge in [0.1, 0.15) is 11.5 Å². The molecule has 1 aromatic rings. The number of rotatable bonds is 8. The summed E-state index contributed by atoms with van der Waals surface area (Å²) < 4.78 is 15.8. The zero-order chi connectivity index (χ0) is 16.5. The Bertz CT molecular complexity index is 528. The minimum Gasteiger partial charge on any atom is -0.496 e. The predicted octanol–water partition coefficient (Wildman–Crippen LogP) is 2.56. The van der Waals surface area contributed by atoms with Crippen LogP contribution in [0.2, 0.25) is 0 Å². The van der Waals surface area contributed by atoms with E-state index in [9.17, 15) is 4.79 Å². The van der Waals surface area contributed by atoms with Crippen molar-refractivity contribution in [2.75, 3.05) is 27.9 Å². The molecule has 0 radical (unpaired) electrons. The Hall–Kier alpha value is -2.21. The van der Waals surface area contributed by atoms with Crippen molar-refractivity contribution in [3.05, 3.63) is 29.3 Å². The first-order chi connectivity index (χ1) is 10.5. The highest BCUT2D eigenvalue weighted by Crippen LogP contribution is 2.30. The number of hydrogen-bond acceptors (Lipinski definition) is 4. The summed E-state index contributed by atoms with van der Waals surface area (Å²) in [6, 6.07) is 3.50. The molecule has 122 valence electrons. The van der Waals surface area contributed by atoms with Gasteiger partial charge in [-0.1, -0.05) is 12.2 Å². The number of carboxylic acid groups (broad SMARTS) is 1. The molecule has 1 atom stereocenters. The van der Waals surface area contributed by atoms with Crippen LogP contribution in [-0.4, -0.2) is 45.2 Å². The van der Waals surface area contributed by atoms with Gasteiger partial charge in [0.05, 0.1) is 20.8 Å². The smallest absolute Gasteiger partial charge is 0.404 e. The van der Waals surface area contributed by atoms with Gasteiger partial charge in [0.2, 0.25) is 0 Å². The van der Waals surface area contributed by atoms with E-state index in [1.807, 2.05) is 24.3 Å². The highest BCUT2D eigenvalue weighted by atomic mass is 16.5. The number of methoxy groups -OCH3 is 3. The molecular weight excluding hydrogens is 286 g/mol. The monoisotopic (exact) mass is 309 g/mol. The summed E-state index contributed by atoms with van der Waals surface area (Å²) in [7, 11) is 4.81. The van der Waals surface area contributed by atoms with E-state index in [-0.39, 0.29) is 6.04 Å². The van der Waals surface area contributed by atoms with Crippen molar-refractivity contribution in [1.29, 1.82) is 0 Å². The lowest BCUT2D eigenvalue weighted by atomic mass is 10.0. The normalized spacial score (nSPS) is 12.2. The highest BCUT2D eigenvalue weighted by Gasteiger charge is 2.14. The van der Waals surface area contributed by atoms with Gasteiger partial charge in [-0.3, -0.25) is 0 Å².